The molecule has 62 heavy (non-hydrogen) atoms. The number of halogens is 4. The Kier molecular flexibility index (Phi) is 10.5. The number of aromatic amines is 3. The van der Waals surface area contributed by atoms with Crippen LogP contribution in [0.2, 0.25) is 10.0 Å². The van der Waals surface area contributed by atoms with Crippen LogP contribution in [0.1, 0.15) is 37.1 Å². The van der Waals surface area contributed by atoms with E-state index < -0.39 is 35.6 Å². The van der Waals surface area contributed by atoms with Crippen molar-refractivity contribution < 1.29 is 24.1 Å². The number of hydrogen-bond donors (Lipinski definition) is 8. The Morgan fingerprint density at radius 1 is 0.742 bits per heavy atom. The molecule has 0 radical (unpaired) electrons. The van der Waals surface area contributed by atoms with E-state index in [9.17, 15) is 33.7 Å². The third-order valence-electron chi connectivity index (χ3n) is 9.53. The van der Waals surface area contributed by atoms with E-state index in [4.69, 9.17) is 23.2 Å². The normalized spacial score (nSPS) is 15.2. The van der Waals surface area contributed by atoms with Gasteiger partial charge in [-0.15, -0.1) is 0 Å². The lowest BCUT2D eigenvalue weighted by Crippen LogP contribution is -2.20. The molecule has 10 rings (SSSR count). The molecular formula is C39H32Cl2F2N14O5. The molecule has 2 aliphatic rings. The van der Waals surface area contributed by atoms with E-state index in [-0.39, 0.29) is 40.7 Å². The molecule has 19 nitrogen and oxygen atoms in total. The van der Waals surface area contributed by atoms with Crippen molar-refractivity contribution in [3.63, 3.8) is 0 Å². The first kappa shape index (κ1) is 40.1. The molecule has 23 heteroatoms. The van der Waals surface area contributed by atoms with Gasteiger partial charge in [0.1, 0.15) is 41.4 Å². The van der Waals surface area contributed by atoms with E-state index in [1.807, 2.05) is 0 Å². The lowest BCUT2D eigenvalue weighted by molar-refractivity contribution is 0.192. The minimum Gasteiger partial charge on any atom is -0.493 e. The molecule has 2 aromatic carbocycles. The summed E-state index contributed by atoms with van der Waals surface area (Å²) in [6.07, 6.45) is 9.99. The van der Waals surface area contributed by atoms with Gasteiger partial charge in [0.25, 0.3) is 0 Å². The van der Waals surface area contributed by atoms with E-state index in [2.05, 4.69) is 55.7 Å². The Morgan fingerprint density at radius 2 is 1.24 bits per heavy atom. The van der Waals surface area contributed by atoms with Crippen LogP contribution >= 0.6 is 23.2 Å². The Balaban J connectivity index is 0.000000158. The van der Waals surface area contributed by atoms with Gasteiger partial charge in [-0.25, -0.2) is 32.9 Å². The lowest BCUT2D eigenvalue weighted by Gasteiger charge is -2.08. The van der Waals surface area contributed by atoms with Crippen LogP contribution in [-0.2, 0) is 6.73 Å². The first-order chi connectivity index (χ1) is 29.9. The Bertz CT molecular complexity index is 3420. The number of aliphatic hydroxyl groups is 1. The average Bonchev–Trinajstić information content (AvgIpc) is 4.10. The quantitative estimate of drug-likeness (QED) is 0.105. The molecule has 0 saturated heterocycles. The van der Waals surface area contributed by atoms with Crippen LogP contribution in [0.25, 0.3) is 23.4 Å². The fraction of sp³-hybridized carbons (Fsp3) is 0.179. The molecule has 0 aliphatic heterocycles. The second-order valence-electron chi connectivity index (χ2n) is 14.3. The molecule has 316 valence electrons. The monoisotopic (exact) mass is 884 g/mol. The minimum atomic E-state index is -0.675. The zero-order valence-corrected chi connectivity index (χ0v) is 33.3. The largest absolute Gasteiger partial charge is 0.493 e. The maximum atomic E-state index is 14.2. The smallest absolute Gasteiger partial charge is 0.330 e. The third-order valence-corrected chi connectivity index (χ3v) is 10.00. The highest BCUT2D eigenvalue weighted by Crippen LogP contribution is 2.26. The maximum Gasteiger partial charge on any atom is 0.330 e. The van der Waals surface area contributed by atoms with E-state index in [0.717, 1.165) is 30.3 Å². The molecule has 0 atom stereocenters. The second-order valence-corrected chi connectivity index (χ2v) is 15.1. The summed E-state index contributed by atoms with van der Waals surface area (Å²) in [7, 11) is 0. The highest BCUT2D eigenvalue weighted by molar-refractivity contribution is 6.31. The number of nitrogens with one attached hydrogen (secondary N) is 5. The number of aromatic nitrogens is 10. The summed E-state index contributed by atoms with van der Waals surface area (Å²) in [5.41, 5.74) is 1.27. The van der Waals surface area contributed by atoms with Crippen molar-refractivity contribution in [1.82, 2.24) is 48.7 Å². The predicted octanol–water partition coefficient (Wildman–Crippen LogP) is 2.62. The third kappa shape index (κ3) is 8.48. The standard InChI is InChI=1S/C20H17ClFN7O3.C19H15ClFN7O2/c21-11-1-4-13(22)14(6-11)25-16-7-17(24-12-2-3-12)29-18(27-16)10(8-23-29)5-15-19(31)28(9-30)20(32)26-15;20-10-1-4-12(21)13(6-10)24-15-7-16(23-11-2-3-11)28-17(26-15)9(8-22-28)5-14-18(29)27-19(30)25-14/h1,4-8,12,25,30-31H,2-3,9H2,(H,26,32);1,4-8,11,24,29H,2-3H2,(H2,25,27,30). The number of aliphatic hydroxyl groups excluding tert-OH is 1. The number of nitrogens with zero attached hydrogens (tertiary/aromatic N) is 9. The topological polar surface area (TPSA) is 256 Å². The Morgan fingerprint density at radius 3 is 1.68 bits per heavy atom. The molecule has 0 bridgehead atoms. The van der Waals surface area contributed by atoms with Crippen LogP contribution in [0.3, 0.4) is 0 Å². The first-order valence-corrected chi connectivity index (χ1v) is 19.6. The molecule has 0 spiro atoms. The summed E-state index contributed by atoms with van der Waals surface area (Å²) < 4.78 is 32.3. The Hall–Kier alpha value is -7.36. The van der Waals surface area contributed by atoms with Crippen LogP contribution in [0, 0.1) is 11.6 Å². The molecule has 2 aliphatic carbocycles. The maximum absolute atomic E-state index is 14.2. The summed E-state index contributed by atoms with van der Waals surface area (Å²) in [6, 6.07) is 12.1. The van der Waals surface area contributed by atoms with Crippen LogP contribution in [0.5, 0.6) is 11.8 Å². The van der Waals surface area contributed by atoms with Crippen molar-refractivity contribution in [1.29, 1.82) is 0 Å². The second kappa shape index (κ2) is 16.2. The van der Waals surface area contributed by atoms with Gasteiger partial charge in [0.05, 0.1) is 35.9 Å². The van der Waals surface area contributed by atoms with E-state index in [0.29, 0.717) is 54.4 Å². The van der Waals surface area contributed by atoms with Crippen LogP contribution in [-0.4, -0.2) is 76.1 Å². The van der Waals surface area contributed by atoms with Crippen molar-refractivity contribution >= 4 is 69.7 Å². The van der Waals surface area contributed by atoms with E-state index >= 15 is 0 Å². The summed E-state index contributed by atoms with van der Waals surface area (Å²) >= 11 is 12.0. The molecule has 6 aromatic heterocycles. The van der Waals surface area contributed by atoms with Gasteiger partial charge >= 0.3 is 11.4 Å². The number of H-pyrrole nitrogens is 3. The van der Waals surface area contributed by atoms with Gasteiger partial charge in [-0.05, 0) is 74.2 Å². The highest BCUT2D eigenvalue weighted by Gasteiger charge is 2.22. The zero-order valence-electron chi connectivity index (χ0n) is 31.8. The number of hydrogen-bond acceptors (Lipinski definition) is 13. The van der Waals surface area contributed by atoms with Crippen molar-refractivity contribution in [3.8, 4) is 11.8 Å². The van der Waals surface area contributed by atoms with Gasteiger partial charge in [0.15, 0.2) is 22.3 Å². The summed E-state index contributed by atoms with van der Waals surface area (Å²) in [4.78, 5) is 48.8. The number of imidazole rings is 2. The van der Waals surface area contributed by atoms with Crippen molar-refractivity contribution in [3.05, 3.63) is 136 Å². The van der Waals surface area contributed by atoms with Gasteiger partial charge in [-0.1, -0.05) is 23.2 Å². The van der Waals surface area contributed by atoms with Crippen molar-refractivity contribution in [2.75, 3.05) is 10.6 Å². The summed E-state index contributed by atoms with van der Waals surface area (Å²) in [5.74, 6) is -1.02. The zero-order chi connectivity index (χ0) is 43.2. The lowest BCUT2D eigenvalue weighted by atomic mass is 10.3. The molecule has 8 N–H and O–H groups in total. The molecule has 2 fully saturated rings. The summed E-state index contributed by atoms with van der Waals surface area (Å²) in [5, 5.41) is 45.5. The van der Waals surface area contributed by atoms with Gasteiger partial charge in [-0.3, -0.25) is 15.0 Å². The SMILES string of the molecule is O=c1[nH]c(C=c2cnn3c(=NC4CC4)cc(Nc4cc(Cl)ccc4F)nc23)c(O)n1CO.O=c1[nH]c(O)c(C=c2cnn3c(=NC4CC4)cc(Nc4cc(Cl)ccc4F)nc23)[nH]1. The molecule has 0 amide bonds. The highest BCUT2D eigenvalue weighted by atomic mass is 35.5. The number of aromatic hydroxyl groups is 2. The number of benzene rings is 2. The fourth-order valence-corrected chi connectivity index (χ4v) is 6.55. The molecule has 8 aromatic rings. The van der Waals surface area contributed by atoms with Crippen LogP contribution in [0.4, 0.5) is 31.8 Å². The molecular weight excluding hydrogens is 853 g/mol. The van der Waals surface area contributed by atoms with Crippen molar-refractivity contribution in [2.24, 2.45) is 9.98 Å². The first-order valence-electron chi connectivity index (χ1n) is 18.9. The molecule has 6 heterocycles. The number of fused-ring (bicyclic) bond motifs is 2. The van der Waals surface area contributed by atoms with Gasteiger partial charge in [0.2, 0.25) is 11.8 Å². The number of rotatable bonds is 9. The minimum absolute atomic E-state index is 0.0840. The van der Waals surface area contributed by atoms with Crippen LogP contribution < -0.4 is 43.4 Å². The number of anilines is 4. The van der Waals surface area contributed by atoms with Crippen LogP contribution in [0.15, 0.2) is 80.5 Å². The fourth-order valence-electron chi connectivity index (χ4n) is 6.20. The Labute approximate surface area is 354 Å². The summed E-state index contributed by atoms with van der Waals surface area (Å²) in [6.45, 7) is -0.675. The predicted molar refractivity (Wildman–Crippen MR) is 222 cm³/mol. The van der Waals surface area contributed by atoms with E-state index in [1.165, 1.54) is 59.3 Å². The van der Waals surface area contributed by atoms with Gasteiger partial charge in [-0.2, -0.15) is 19.2 Å². The van der Waals surface area contributed by atoms with E-state index in [1.54, 1.807) is 22.8 Å². The van der Waals surface area contributed by atoms with Gasteiger partial charge in [0, 0.05) is 32.6 Å². The van der Waals surface area contributed by atoms with Crippen molar-refractivity contribution in [2.45, 2.75) is 44.5 Å². The van der Waals surface area contributed by atoms with Gasteiger partial charge < -0.3 is 35.9 Å². The molecule has 0 unspecified atom stereocenters. The average molecular weight is 886 g/mol. The molecule has 2 saturated carbocycles.